The van der Waals surface area contributed by atoms with Crippen molar-refractivity contribution in [2.45, 2.75) is 45.4 Å². The van der Waals surface area contributed by atoms with Gasteiger partial charge in [-0.1, -0.05) is 27.7 Å². The number of hydrogen-bond acceptors (Lipinski definition) is 3. The van der Waals surface area contributed by atoms with Gasteiger partial charge < -0.3 is 4.90 Å². The first-order chi connectivity index (χ1) is 11.0. The summed E-state index contributed by atoms with van der Waals surface area (Å²) >= 11 is 3.34. The Labute approximate surface area is 153 Å². The van der Waals surface area contributed by atoms with Crippen LogP contribution in [0.15, 0.2) is 27.6 Å². The first-order valence-corrected chi connectivity index (χ1v) is 10.5. The van der Waals surface area contributed by atoms with Gasteiger partial charge in [-0.15, -0.1) is 0 Å². The van der Waals surface area contributed by atoms with E-state index in [0.29, 0.717) is 35.0 Å². The molecule has 1 rings (SSSR count). The molecule has 0 aromatic heterocycles. The highest BCUT2D eigenvalue weighted by atomic mass is 79.9. The van der Waals surface area contributed by atoms with Gasteiger partial charge in [0.2, 0.25) is 10.0 Å². The van der Waals surface area contributed by atoms with E-state index in [4.69, 9.17) is 5.14 Å². The Hall–Kier alpha value is -0.920. The van der Waals surface area contributed by atoms with Crippen molar-refractivity contribution in [2.75, 3.05) is 13.1 Å². The summed E-state index contributed by atoms with van der Waals surface area (Å²) in [5.74, 6) is 0.797. The quantitative estimate of drug-likeness (QED) is 0.699. The zero-order chi connectivity index (χ0) is 18.5. The number of rotatable bonds is 8. The molecule has 2 N–H and O–H groups in total. The number of benzene rings is 1. The van der Waals surface area contributed by atoms with Crippen molar-refractivity contribution < 1.29 is 13.2 Å². The lowest BCUT2D eigenvalue weighted by Gasteiger charge is -2.25. The lowest BCUT2D eigenvalue weighted by atomic mass is 10.1. The topological polar surface area (TPSA) is 80.5 Å². The van der Waals surface area contributed by atoms with E-state index in [0.717, 1.165) is 12.8 Å². The molecule has 136 valence electrons. The molecular formula is C17H27BrN2O3S. The number of amides is 1. The van der Waals surface area contributed by atoms with Gasteiger partial charge in [0.15, 0.2) is 0 Å². The molecule has 0 saturated heterocycles. The van der Waals surface area contributed by atoms with Crippen LogP contribution in [0.25, 0.3) is 0 Å². The van der Waals surface area contributed by atoms with Crippen molar-refractivity contribution in [3.8, 4) is 0 Å². The van der Waals surface area contributed by atoms with Crippen molar-refractivity contribution >= 4 is 31.9 Å². The van der Waals surface area contributed by atoms with Gasteiger partial charge in [-0.25, -0.2) is 13.6 Å². The Morgan fingerprint density at radius 2 is 1.62 bits per heavy atom. The number of sulfonamides is 1. The maximum absolute atomic E-state index is 12.9. The highest BCUT2D eigenvalue weighted by Gasteiger charge is 2.21. The van der Waals surface area contributed by atoms with E-state index in [-0.39, 0.29) is 10.8 Å². The SMILES string of the molecule is CC(C)CCN(CCC(C)C)C(=O)c1cc(S(N)(=O)=O)ccc1Br. The molecule has 0 fully saturated rings. The molecule has 5 nitrogen and oxygen atoms in total. The smallest absolute Gasteiger partial charge is 0.255 e. The molecule has 0 heterocycles. The zero-order valence-electron chi connectivity index (χ0n) is 14.8. The van der Waals surface area contributed by atoms with Gasteiger partial charge in [-0.2, -0.15) is 0 Å². The molecule has 0 radical (unpaired) electrons. The first kappa shape index (κ1) is 21.1. The molecule has 0 aliphatic carbocycles. The van der Waals surface area contributed by atoms with Gasteiger partial charge in [-0.3, -0.25) is 4.79 Å². The van der Waals surface area contributed by atoms with E-state index >= 15 is 0 Å². The summed E-state index contributed by atoms with van der Waals surface area (Å²) in [5, 5.41) is 5.18. The molecule has 0 aliphatic rings. The van der Waals surface area contributed by atoms with E-state index in [1.165, 1.54) is 12.1 Å². The van der Waals surface area contributed by atoms with Crippen molar-refractivity contribution in [1.29, 1.82) is 0 Å². The lowest BCUT2D eigenvalue weighted by Crippen LogP contribution is -2.34. The molecule has 0 atom stereocenters. The second kappa shape index (κ2) is 8.97. The first-order valence-electron chi connectivity index (χ1n) is 8.14. The van der Waals surface area contributed by atoms with Crippen LogP contribution in [0.5, 0.6) is 0 Å². The third kappa shape index (κ3) is 6.53. The molecule has 0 aliphatic heterocycles. The lowest BCUT2D eigenvalue weighted by molar-refractivity contribution is 0.0739. The number of nitrogens with zero attached hydrogens (tertiary/aromatic N) is 1. The predicted octanol–water partition coefficient (Wildman–Crippen LogP) is 3.63. The minimum Gasteiger partial charge on any atom is -0.339 e. The fourth-order valence-corrected chi connectivity index (χ4v) is 3.11. The van der Waals surface area contributed by atoms with E-state index in [9.17, 15) is 13.2 Å². The van der Waals surface area contributed by atoms with E-state index in [1.54, 1.807) is 11.0 Å². The average Bonchev–Trinajstić information content (AvgIpc) is 2.45. The van der Waals surface area contributed by atoms with Crippen molar-refractivity contribution in [2.24, 2.45) is 17.0 Å². The monoisotopic (exact) mass is 418 g/mol. The summed E-state index contributed by atoms with van der Waals surface area (Å²) in [6.07, 6.45) is 1.80. The summed E-state index contributed by atoms with van der Waals surface area (Å²) in [6.45, 7) is 9.75. The number of carbonyl (C=O) groups is 1. The summed E-state index contributed by atoms with van der Waals surface area (Å²) in [6, 6.07) is 4.29. The molecule has 0 bridgehead atoms. The Kier molecular flexibility index (Phi) is 7.89. The number of halogens is 1. The highest BCUT2D eigenvalue weighted by Crippen LogP contribution is 2.23. The van der Waals surface area contributed by atoms with Crippen LogP contribution in [0, 0.1) is 11.8 Å². The molecule has 1 aromatic rings. The van der Waals surface area contributed by atoms with E-state index in [1.807, 2.05) is 0 Å². The normalized spacial score (nSPS) is 12.0. The minimum atomic E-state index is -3.84. The summed E-state index contributed by atoms with van der Waals surface area (Å²) < 4.78 is 23.7. The highest BCUT2D eigenvalue weighted by molar-refractivity contribution is 9.10. The molecule has 24 heavy (non-hydrogen) atoms. The van der Waals surface area contributed by atoms with Crippen LogP contribution in [-0.2, 0) is 10.0 Å². The molecule has 1 amide bonds. The third-order valence-corrected chi connectivity index (χ3v) is 5.34. The molecular weight excluding hydrogens is 392 g/mol. The van der Waals surface area contributed by atoms with E-state index in [2.05, 4.69) is 43.6 Å². The van der Waals surface area contributed by atoms with Gasteiger partial charge >= 0.3 is 0 Å². The predicted molar refractivity (Wildman–Crippen MR) is 100 cm³/mol. The van der Waals surface area contributed by atoms with Crippen LogP contribution < -0.4 is 5.14 Å². The average molecular weight is 419 g/mol. The largest absolute Gasteiger partial charge is 0.339 e. The Morgan fingerprint density at radius 3 is 2.04 bits per heavy atom. The van der Waals surface area contributed by atoms with Crippen molar-refractivity contribution in [3.63, 3.8) is 0 Å². The second-order valence-electron chi connectivity index (χ2n) is 6.84. The molecule has 0 spiro atoms. The Bertz CT molecular complexity index is 660. The summed E-state index contributed by atoms with van der Waals surface area (Å²) in [4.78, 5) is 14.7. The van der Waals surface area contributed by atoms with Crippen LogP contribution >= 0.6 is 15.9 Å². The van der Waals surface area contributed by atoms with E-state index < -0.39 is 10.0 Å². The van der Waals surface area contributed by atoms with Gasteiger partial charge in [-0.05, 0) is 58.8 Å². The fourth-order valence-electron chi connectivity index (χ4n) is 2.16. The molecule has 1 aromatic carbocycles. The number of nitrogens with two attached hydrogens (primary N) is 1. The molecule has 0 unspecified atom stereocenters. The summed E-state index contributed by atoms with van der Waals surface area (Å²) in [5.41, 5.74) is 0.328. The van der Waals surface area contributed by atoms with Gasteiger partial charge in [0, 0.05) is 17.6 Å². The van der Waals surface area contributed by atoms with Gasteiger partial charge in [0.05, 0.1) is 10.5 Å². The standard InChI is InChI=1S/C17H27BrN2O3S/c1-12(2)7-9-20(10-8-13(3)4)17(21)15-11-14(24(19,22)23)5-6-16(15)18/h5-6,11-13H,7-10H2,1-4H3,(H2,19,22,23). The van der Waals surface area contributed by atoms with Crippen LogP contribution in [-0.4, -0.2) is 32.3 Å². The Morgan fingerprint density at radius 1 is 1.12 bits per heavy atom. The maximum atomic E-state index is 12.9. The molecule has 7 heteroatoms. The third-order valence-electron chi connectivity index (χ3n) is 3.74. The van der Waals surface area contributed by atoms with Crippen molar-refractivity contribution in [1.82, 2.24) is 4.90 Å². The van der Waals surface area contributed by atoms with Gasteiger partial charge in [0.1, 0.15) is 0 Å². The van der Waals surface area contributed by atoms with Crippen LogP contribution in [0.1, 0.15) is 50.9 Å². The minimum absolute atomic E-state index is 0.0540. The molecule has 0 saturated carbocycles. The number of primary sulfonamides is 1. The van der Waals surface area contributed by atoms with Crippen LogP contribution in [0.3, 0.4) is 0 Å². The number of hydrogen-bond donors (Lipinski definition) is 1. The number of carbonyl (C=O) groups excluding carboxylic acids is 1. The van der Waals surface area contributed by atoms with Gasteiger partial charge in [0.25, 0.3) is 5.91 Å². The fraction of sp³-hybridized carbons (Fsp3) is 0.588. The van der Waals surface area contributed by atoms with Crippen molar-refractivity contribution in [3.05, 3.63) is 28.2 Å². The summed E-state index contributed by atoms with van der Waals surface area (Å²) in [7, 11) is -3.84. The van der Waals surface area contributed by atoms with Crippen LogP contribution in [0.2, 0.25) is 0 Å². The second-order valence-corrected chi connectivity index (χ2v) is 9.26. The maximum Gasteiger partial charge on any atom is 0.255 e. The Balaban J connectivity index is 3.11. The van der Waals surface area contributed by atoms with Crippen LogP contribution in [0.4, 0.5) is 0 Å². The zero-order valence-corrected chi connectivity index (χ0v) is 17.2.